The first-order valence-electron chi connectivity index (χ1n) is 4.63. The van der Waals surface area contributed by atoms with E-state index in [1.54, 1.807) is 0 Å². The first-order chi connectivity index (χ1) is 6.72. The van der Waals surface area contributed by atoms with Crippen LogP contribution in [0.4, 0.5) is 0 Å². The molecule has 1 aliphatic rings. The Labute approximate surface area is 93.5 Å². The molecule has 2 atom stereocenters. The molecule has 1 rings (SSSR count). The Morgan fingerprint density at radius 3 is 2.33 bits per heavy atom. The second-order valence-corrected chi connectivity index (χ2v) is 4.05. The van der Waals surface area contributed by atoms with Gasteiger partial charge in [-0.2, -0.15) is 0 Å². The summed E-state index contributed by atoms with van der Waals surface area (Å²) in [5.41, 5.74) is -1.67. The molecule has 1 amide bonds. The van der Waals surface area contributed by atoms with Gasteiger partial charge in [-0.25, -0.2) is 5.06 Å². The van der Waals surface area contributed by atoms with E-state index in [0.717, 1.165) is 5.06 Å². The number of amides is 1. The Morgan fingerprint density at radius 1 is 1.47 bits per heavy atom. The lowest BCUT2D eigenvalue weighted by molar-refractivity contribution is -0.177. The molecule has 0 bridgehead atoms. The summed E-state index contributed by atoms with van der Waals surface area (Å²) in [7, 11) is 19.8. The van der Waals surface area contributed by atoms with Crippen LogP contribution in [-0.4, -0.2) is 59.3 Å². The van der Waals surface area contributed by atoms with Crippen molar-refractivity contribution in [2.45, 2.75) is 23.6 Å². The molecular weight excluding hydrogens is 191 g/mol. The molecule has 1 N–H and O–H groups in total. The van der Waals surface area contributed by atoms with Crippen LogP contribution in [0.2, 0.25) is 5.21 Å². The van der Waals surface area contributed by atoms with Crippen LogP contribution in [0.15, 0.2) is 0 Å². The quantitative estimate of drug-likeness (QED) is 0.449. The molecule has 0 aliphatic heterocycles. The molecule has 7 heteroatoms. The average molecular weight is 203 g/mol. The van der Waals surface area contributed by atoms with Gasteiger partial charge in [0.2, 0.25) is 5.91 Å². The molecular formula is C8H12B3NO3. The van der Waals surface area contributed by atoms with Crippen LogP contribution in [0.25, 0.3) is 0 Å². The second-order valence-electron chi connectivity index (χ2n) is 4.05. The molecule has 0 aromatic heterocycles. The molecule has 2 unspecified atom stereocenters. The minimum Gasteiger partial charge on any atom is -0.399 e. The third kappa shape index (κ3) is 2.23. The second kappa shape index (κ2) is 3.87. The highest BCUT2D eigenvalue weighted by atomic mass is 16.7. The molecule has 0 aromatic carbocycles. The summed E-state index contributed by atoms with van der Waals surface area (Å²) < 4.78 is 0. The number of carbonyl (C=O) groups is 1. The zero-order valence-corrected chi connectivity index (χ0v) is 8.93. The number of carbonyl (C=O) groups excluding carboxylic acids is 1. The topological polar surface area (TPSA) is 49.8 Å². The summed E-state index contributed by atoms with van der Waals surface area (Å²) >= 11 is 0. The summed E-state index contributed by atoms with van der Waals surface area (Å²) in [6, 6.07) is 0. The Kier molecular flexibility index (Phi) is 3.26. The van der Waals surface area contributed by atoms with Gasteiger partial charge in [-0.1, -0.05) is 11.6 Å². The maximum Gasteiger partial charge on any atom is 0.250 e. The molecule has 4 nitrogen and oxygen atoms in total. The first kappa shape index (κ1) is 12.7. The van der Waals surface area contributed by atoms with Gasteiger partial charge in [-0.15, -0.1) is 0 Å². The molecule has 1 aliphatic carbocycles. The normalized spacial score (nSPS) is 33.9. The van der Waals surface area contributed by atoms with Gasteiger partial charge in [0.1, 0.15) is 7.85 Å². The van der Waals surface area contributed by atoms with E-state index in [0.29, 0.717) is 0 Å². The van der Waals surface area contributed by atoms with Gasteiger partial charge in [-0.3, -0.25) is 9.63 Å². The Balaban J connectivity index is 2.95. The van der Waals surface area contributed by atoms with E-state index in [4.69, 9.17) is 28.4 Å². The van der Waals surface area contributed by atoms with Crippen LogP contribution in [0.3, 0.4) is 0 Å². The fourth-order valence-electron chi connectivity index (χ4n) is 1.89. The van der Waals surface area contributed by atoms with E-state index < -0.39 is 22.5 Å². The lowest BCUT2D eigenvalue weighted by Crippen LogP contribution is -2.48. The summed E-state index contributed by atoms with van der Waals surface area (Å²) in [4.78, 5) is 16.5. The number of aliphatic hydroxyl groups is 1. The van der Waals surface area contributed by atoms with E-state index in [2.05, 4.69) is 0 Å². The highest BCUT2D eigenvalue weighted by Crippen LogP contribution is 2.49. The predicted octanol–water partition coefficient (Wildman–Crippen LogP) is -1.27. The van der Waals surface area contributed by atoms with Crippen molar-refractivity contribution in [3.8, 4) is 0 Å². The number of hydroxylamine groups is 2. The Bertz CT molecular complexity index is 254. The van der Waals surface area contributed by atoms with Gasteiger partial charge in [0.15, 0.2) is 0 Å². The third-order valence-corrected chi connectivity index (χ3v) is 2.83. The van der Waals surface area contributed by atoms with Crippen molar-refractivity contribution in [3.05, 3.63) is 0 Å². The van der Waals surface area contributed by atoms with Gasteiger partial charge in [0, 0.05) is 12.5 Å². The zero-order chi connectivity index (χ0) is 11.9. The van der Waals surface area contributed by atoms with Crippen molar-refractivity contribution in [2.75, 3.05) is 14.2 Å². The van der Waals surface area contributed by atoms with Crippen molar-refractivity contribution >= 4 is 29.4 Å². The number of nitrogens with zero attached hydrogens (tertiary/aromatic N) is 1. The van der Waals surface area contributed by atoms with Crippen molar-refractivity contribution < 1.29 is 14.7 Å². The fourth-order valence-corrected chi connectivity index (χ4v) is 1.89. The molecule has 0 spiro atoms. The fraction of sp³-hybridized carbons (Fsp3) is 0.875. The SMILES string of the molecule is [B]C1([B])CCC([B])(O)C1C(=O)N(C)OC. The van der Waals surface area contributed by atoms with Crippen LogP contribution in [0.5, 0.6) is 0 Å². The first-order valence-corrected chi connectivity index (χ1v) is 4.63. The van der Waals surface area contributed by atoms with Gasteiger partial charge < -0.3 is 5.11 Å². The Hall–Kier alpha value is -0.415. The smallest absolute Gasteiger partial charge is 0.250 e. The summed E-state index contributed by atoms with van der Waals surface area (Å²) in [6.45, 7) is 0. The maximum atomic E-state index is 11.8. The summed E-state index contributed by atoms with van der Waals surface area (Å²) in [6.07, 6.45) is 0.474. The number of hydrogen-bond donors (Lipinski definition) is 1. The molecule has 6 radical (unpaired) electrons. The minimum absolute atomic E-state index is 0.188. The van der Waals surface area contributed by atoms with Crippen molar-refractivity contribution in [1.29, 1.82) is 0 Å². The zero-order valence-electron chi connectivity index (χ0n) is 8.93. The van der Waals surface area contributed by atoms with Gasteiger partial charge >= 0.3 is 0 Å². The van der Waals surface area contributed by atoms with E-state index in [9.17, 15) is 9.90 Å². The molecule has 0 aromatic rings. The van der Waals surface area contributed by atoms with Crippen molar-refractivity contribution in [3.63, 3.8) is 0 Å². The van der Waals surface area contributed by atoms with Gasteiger partial charge in [0.05, 0.1) is 28.7 Å². The van der Waals surface area contributed by atoms with E-state index >= 15 is 0 Å². The molecule has 0 heterocycles. The van der Waals surface area contributed by atoms with E-state index in [1.807, 2.05) is 0 Å². The van der Waals surface area contributed by atoms with Crippen LogP contribution < -0.4 is 0 Å². The highest BCUT2D eigenvalue weighted by molar-refractivity contribution is 6.42. The van der Waals surface area contributed by atoms with Crippen LogP contribution in [-0.2, 0) is 9.63 Å². The molecule has 15 heavy (non-hydrogen) atoms. The lowest BCUT2D eigenvalue weighted by Gasteiger charge is -2.36. The van der Waals surface area contributed by atoms with E-state index in [1.165, 1.54) is 14.2 Å². The minimum atomic E-state index is -1.67. The lowest BCUT2D eigenvalue weighted by atomic mass is 9.47. The average Bonchev–Trinajstić information content (AvgIpc) is 2.34. The van der Waals surface area contributed by atoms with Crippen molar-refractivity contribution in [1.82, 2.24) is 5.06 Å². The van der Waals surface area contributed by atoms with Gasteiger partial charge in [0.25, 0.3) is 0 Å². The largest absolute Gasteiger partial charge is 0.399 e. The van der Waals surface area contributed by atoms with Crippen LogP contribution in [0, 0.1) is 5.92 Å². The van der Waals surface area contributed by atoms with Crippen molar-refractivity contribution in [2.24, 2.45) is 5.92 Å². The molecule has 1 saturated carbocycles. The van der Waals surface area contributed by atoms with Crippen LogP contribution in [0.1, 0.15) is 12.8 Å². The third-order valence-electron chi connectivity index (χ3n) is 2.83. The molecule has 0 saturated heterocycles. The number of rotatable bonds is 2. The van der Waals surface area contributed by atoms with E-state index in [-0.39, 0.29) is 12.8 Å². The summed E-state index contributed by atoms with van der Waals surface area (Å²) in [5.74, 6) is -1.58. The van der Waals surface area contributed by atoms with Gasteiger partial charge in [-0.05, 0) is 6.42 Å². The Morgan fingerprint density at radius 2 is 2.00 bits per heavy atom. The number of hydrogen-bond acceptors (Lipinski definition) is 3. The predicted molar refractivity (Wildman–Crippen MR) is 57.4 cm³/mol. The highest BCUT2D eigenvalue weighted by Gasteiger charge is 2.52. The molecule has 76 valence electrons. The molecule has 1 fully saturated rings. The van der Waals surface area contributed by atoms with Crippen LogP contribution >= 0.6 is 0 Å². The maximum absolute atomic E-state index is 11.8. The monoisotopic (exact) mass is 203 g/mol. The summed E-state index contributed by atoms with van der Waals surface area (Å²) in [5, 5.41) is 9.48. The standard InChI is InChI=1S/C8H12B3NO3/c1-12(15-2)6(13)5-7(9,10)3-4-8(5,11)14/h5,14H,3-4H2,1-2H3.